The van der Waals surface area contributed by atoms with Gasteiger partial charge in [0.25, 0.3) is 0 Å². The third-order valence-corrected chi connectivity index (χ3v) is 12.8. The van der Waals surface area contributed by atoms with Crippen molar-refractivity contribution in [2.24, 2.45) is 0 Å². The summed E-state index contributed by atoms with van der Waals surface area (Å²) in [5, 5.41) is 40.7. The fraction of sp³-hybridized carbons (Fsp3) is 0.233. The summed E-state index contributed by atoms with van der Waals surface area (Å²) in [7, 11) is 0. The summed E-state index contributed by atoms with van der Waals surface area (Å²) in [4.78, 5) is 101. The smallest absolute Gasteiger partial charge is 0.348 e. The summed E-state index contributed by atoms with van der Waals surface area (Å²) in [5.74, 6) is -6.54. The number of benzene rings is 6. The third kappa shape index (κ3) is 21.2. The number of carbonyl (C=O) groups excluding carboxylic acids is 5. The number of nitrogens with zero attached hydrogens (tertiary/aromatic N) is 6. The molecule has 468 valence electrons. The summed E-state index contributed by atoms with van der Waals surface area (Å²) < 4.78 is 44.6. The molecule has 8 aromatic rings. The van der Waals surface area contributed by atoms with Gasteiger partial charge in [-0.25, -0.2) is 38.0 Å². The van der Waals surface area contributed by atoms with Gasteiger partial charge >= 0.3 is 47.1 Å². The van der Waals surface area contributed by atoms with Crippen molar-refractivity contribution in [2.45, 2.75) is 64.8 Å². The van der Waals surface area contributed by atoms with Crippen molar-refractivity contribution >= 4 is 70.5 Å². The number of carboxylic acids is 1. The molecule has 0 radical (unpaired) electrons. The number of esters is 3. The van der Waals surface area contributed by atoms with E-state index in [1.807, 2.05) is 6.92 Å². The van der Waals surface area contributed by atoms with Gasteiger partial charge in [0.15, 0.2) is 18.3 Å². The van der Waals surface area contributed by atoms with Crippen molar-refractivity contribution in [2.75, 3.05) is 25.9 Å². The molecule has 0 unspecified atom stereocenters. The van der Waals surface area contributed by atoms with E-state index in [0.717, 1.165) is 15.8 Å². The zero-order valence-electron chi connectivity index (χ0n) is 47.5. The lowest BCUT2D eigenvalue weighted by Crippen LogP contribution is -2.48. The van der Waals surface area contributed by atoms with E-state index < -0.39 is 84.8 Å². The van der Waals surface area contributed by atoms with Gasteiger partial charge in [0.2, 0.25) is 18.4 Å². The van der Waals surface area contributed by atoms with Gasteiger partial charge in [-0.2, -0.15) is 9.36 Å². The predicted molar refractivity (Wildman–Crippen MR) is 321 cm³/mol. The first kappa shape index (κ1) is 68.7. The first-order valence-corrected chi connectivity index (χ1v) is 28.3. The molecule has 0 fully saturated rings. The molecule has 2 atom stereocenters. The second kappa shape index (κ2) is 34.2. The van der Waals surface area contributed by atoms with Crippen LogP contribution in [-0.4, -0.2) is 129 Å². The lowest BCUT2D eigenvalue weighted by molar-refractivity contribution is -0.174. The van der Waals surface area contributed by atoms with Gasteiger partial charge in [0, 0.05) is 47.1 Å². The molecule has 2 amide bonds. The lowest BCUT2D eigenvalue weighted by atomic mass is 10.0. The zero-order valence-corrected chi connectivity index (χ0v) is 49.8. The molecule has 0 aliphatic carbocycles. The molecular weight excluding hydrogens is 1230 g/mol. The average molecular weight is 1290 g/mol. The number of hydrazine groups is 2. The summed E-state index contributed by atoms with van der Waals surface area (Å²) >= 11 is 17.1. The summed E-state index contributed by atoms with van der Waals surface area (Å²) in [6.07, 6.45) is -1.59. The molecule has 0 aliphatic heterocycles. The average Bonchev–Trinajstić information content (AvgIpc) is 3.51. The highest BCUT2D eigenvalue weighted by molar-refractivity contribution is 6.31. The first-order chi connectivity index (χ1) is 42.7. The van der Waals surface area contributed by atoms with Crippen molar-refractivity contribution < 1.29 is 67.1 Å². The van der Waals surface area contributed by atoms with Gasteiger partial charge < -0.3 is 29.5 Å². The molecule has 0 spiro atoms. The summed E-state index contributed by atoms with van der Waals surface area (Å²) in [6.45, 7) is 2.04. The number of carbonyl (C=O) groups is 6. The highest BCUT2D eigenvalue weighted by Gasteiger charge is 2.26. The van der Waals surface area contributed by atoms with Crippen LogP contribution >= 0.6 is 34.8 Å². The molecule has 29 heteroatoms. The largest absolute Gasteiger partial charge is 0.479 e. The fourth-order valence-electron chi connectivity index (χ4n) is 7.93. The van der Waals surface area contributed by atoms with Gasteiger partial charge in [-0.05, 0) is 95.8 Å². The number of carboxylic acid groups (broad SMARTS) is 1. The Kier molecular flexibility index (Phi) is 26.4. The van der Waals surface area contributed by atoms with Crippen LogP contribution in [0.4, 0.5) is 8.78 Å². The van der Waals surface area contributed by atoms with Crippen LogP contribution in [0.3, 0.4) is 0 Å². The second-order valence-corrected chi connectivity index (χ2v) is 20.0. The number of aliphatic carboxylic acids is 1. The number of aromatic nitrogens is 6. The predicted octanol–water partition coefficient (Wildman–Crippen LogP) is 7.51. The maximum atomic E-state index is 14.4. The Balaban J connectivity index is 0.000000255. The molecule has 0 bridgehead atoms. The number of hydrogen-bond donors (Lipinski definition) is 7. The monoisotopic (exact) mass is 1290 g/mol. The van der Waals surface area contributed by atoms with Gasteiger partial charge in [0.1, 0.15) is 11.6 Å². The number of aliphatic hydroxyl groups is 2. The van der Waals surface area contributed by atoms with Crippen LogP contribution in [0.15, 0.2) is 155 Å². The van der Waals surface area contributed by atoms with Crippen molar-refractivity contribution in [1.29, 1.82) is 0 Å². The first-order valence-electron chi connectivity index (χ1n) is 27.0. The molecular formula is C60H59Cl3F2N10O14. The Bertz CT molecular complexity index is 3790. The number of halogens is 5. The fourth-order valence-corrected chi connectivity index (χ4v) is 8.39. The minimum Gasteiger partial charge on any atom is -0.479 e. The highest BCUT2D eigenvalue weighted by Crippen LogP contribution is 2.28. The summed E-state index contributed by atoms with van der Waals surface area (Å²) in [6, 6.07) is 38.5. The van der Waals surface area contributed by atoms with Crippen molar-refractivity contribution in [1.82, 2.24) is 50.4 Å². The number of para-hydroxylation sites is 2. The Morgan fingerprint density at radius 3 is 1.38 bits per heavy atom. The summed E-state index contributed by atoms with van der Waals surface area (Å²) in [5.41, 5.74) is 7.52. The SMILES string of the molecule is CCCC(=O)OCCl.CCCC(=O)OCOC(=O)[C@H](O)CN(Cc1ccc(-c2cc(Cl)ccc2F)cc1)NC(=O)c1nn(-c2ccccc2)c(=O)[nH]1.O=C(NN(Cc1ccc(-c2cc(Cl)ccc2F)cc1)C[C@@H](O)C(=O)O)c1nn(-c2ccccc2)c(=O)[nH]1. The van der Waals surface area contributed by atoms with E-state index >= 15 is 0 Å². The maximum absolute atomic E-state index is 14.4. The number of aromatic amines is 2. The minimum atomic E-state index is -1.80. The normalized spacial score (nSPS) is 11.5. The van der Waals surface area contributed by atoms with Crippen LogP contribution in [0.1, 0.15) is 71.9 Å². The number of aliphatic hydroxyl groups excluding tert-OH is 2. The Morgan fingerprint density at radius 1 is 0.584 bits per heavy atom. The quantitative estimate of drug-likeness (QED) is 0.0126. The number of hydrogen-bond acceptors (Lipinski definition) is 17. The van der Waals surface area contributed by atoms with Gasteiger partial charge in [0.05, 0.1) is 24.5 Å². The third-order valence-electron chi connectivity index (χ3n) is 12.2. The van der Waals surface area contributed by atoms with Crippen LogP contribution < -0.4 is 22.2 Å². The minimum absolute atomic E-state index is 0.0159. The number of rotatable bonds is 25. The number of ether oxygens (including phenoxy) is 3. The molecule has 24 nitrogen and oxygen atoms in total. The number of nitrogens with one attached hydrogen (secondary N) is 4. The van der Waals surface area contributed by atoms with E-state index in [1.165, 1.54) is 46.4 Å². The Morgan fingerprint density at radius 2 is 0.989 bits per heavy atom. The van der Waals surface area contributed by atoms with E-state index in [9.17, 15) is 57.4 Å². The van der Waals surface area contributed by atoms with Crippen LogP contribution in [0.25, 0.3) is 33.6 Å². The van der Waals surface area contributed by atoms with Crippen LogP contribution in [0, 0.1) is 11.6 Å². The van der Waals surface area contributed by atoms with E-state index in [4.69, 9.17) is 49.4 Å². The molecule has 6 aromatic carbocycles. The van der Waals surface area contributed by atoms with Crippen molar-refractivity contribution in [3.63, 3.8) is 0 Å². The number of H-pyrrole nitrogens is 2. The maximum Gasteiger partial charge on any atom is 0.348 e. The van der Waals surface area contributed by atoms with Gasteiger partial charge in [-0.3, -0.25) is 40.0 Å². The van der Waals surface area contributed by atoms with Crippen LogP contribution in [0.5, 0.6) is 0 Å². The number of amides is 2. The number of alkyl halides is 1. The molecule has 8 rings (SSSR count). The van der Waals surface area contributed by atoms with Gasteiger partial charge in [-0.1, -0.05) is 134 Å². The molecule has 0 aliphatic rings. The van der Waals surface area contributed by atoms with Crippen molar-refractivity contribution in [3.05, 3.63) is 211 Å². The van der Waals surface area contributed by atoms with Crippen LogP contribution in [0.2, 0.25) is 10.0 Å². The standard InChI is InChI=1S/C30H29ClFN5O7.C25H21ClFN5O5.C5H9ClO2/c1-2-6-26(39)43-18-44-29(41)25(38)17-36(16-19-9-11-20(12-10-19)23-15-21(31)13-14-24(23)32)35-28(40)27-33-30(42)37(34-27)22-7-4-3-5-8-22;26-17-10-11-20(27)19(12-17)16-8-6-15(7-9-16)13-31(14-21(33)24(35)36)30-23(34)22-28-25(37)32(29-22)18-4-2-1-3-5-18;1-2-3-5(7)8-4-6/h3-5,7-15,25,38H,2,6,16-18H2,1H3,(H,35,40)(H,33,34,42);1-12,21,33H,13-14H2,(H,30,34)(H,35,36)(H,28,29,37);2-4H2,1H3/t25-;21-;/m11./s1. The lowest BCUT2D eigenvalue weighted by Gasteiger charge is -2.24. The Labute approximate surface area is 521 Å². The highest BCUT2D eigenvalue weighted by atomic mass is 35.5. The molecule has 7 N–H and O–H groups in total. The zero-order chi connectivity index (χ0) is 64.6. The van der Waals surface area contributed by atoms with E-state index in [-0.39, 0.29) is 43.2 Å². The van der Waals surface area contributed by atoms with Crippen molar-refractivity contribution in [3.8, 4) is 33.6 Å². The molecule has 0 saturated carbocycles. The molecule has 89 heavy (non-hydrogen) atoms. The Hall–Kier alpha value is -9.41. The van der Waals surface area contributed by atoms with E-state index in [1.54, 1.807) is 116 Å². The second-order valence-electron chi connectivity index (χ2n) is 18.9. The topological polar surface area (TPSA) is 323 Å². The van der Waals surface area contributed by atoms with Crippen LogP contribution in [-0.2, 0) is 46.5 Å². The molecule has 0 saturated heterocycles. The van der Waals surface area contributed by atoms with Gasteiger partial charge in [-0.15, -0.1) is 10.2 Å². The van der Waals surface area contributed by atoms with E-state index in [2.05, 4.69) is 35.8 Å². The van der Waals surface area contributed by atoms with E-state index in [0.29, 0.717) is 67.6 Å². The molecule has 2 aromatic heterocycles. The molecule has 2 heterocycles.